The zero-order valence-corrected chi connectivity index (χ0v) is 11.1. The van der Waals surface area contributed by atoms with Crippen LogP contribution in [0, 0.1) is 0 Å². The van der Waals surface area contributed by atoms with Crippen LogP contribution in [0.25, 0.3) is 0 Å². The lowest BCUT2D eigenvalue weighted by Gasteiger charge is -2.35. The molecule has 1 aliphatic heterocycles. The van der Waals surface area contributed by atoms with Crippen molar-refractivity contribution in [2.75, 3.05) is 18.1 Å². The van der Waals surface area contributed by atoms with Crippen molar-refractivity contribution < 1.29 is 18.0 Å². The maximum Gasteiger partial charge on any atom is 0.245 e. The van der Waals surface area contributed by atoms with E-state index in [-0.39, 0.29) is 29.9 Å². The molecule has 7 heteroatoms. The maximum atomic E-state index is 11.8. The number of nitrogens with zero attached hydrogens (tertiary/aromatic N) is 1. The van der Waals surface area contributed by atoms with E-state index in [4.69, 9.17) is 0 Å². The Kier molecular flexibility index (Phi) is 4.13. The number of sulfone groups is 1. The third-order valence-electron chi connectivity index (χ3n) is 2.94. The minimum atomic E-state index is -3.13. The molecule has 1 rings (SSSR count). The number of rotatable bonds is 4. The van der Waals surface area contributed by atoms with Gasteiger partial charge in [0.1, 0.15) is 12.1 Å². The number of hydrogen-bond donors (Lipinski definition) is 1. The normalized spacial score (nSPS) is 25.9. The van der Waals surface area contributed by atoms with Gasteiger partial charge in [-0.1, -0.05) is 6.92 Å². The van der Waals surface area contributed by atoms with Gasteiger partial charge in [0.25, 0.3) is 0 Å². The highest BCUT2D eigenvalue weighted by atomic mass is 32.2. The lowest BCUT2D eigenvalue weighted by molar-refractivity contribution is -0.147. The molecule has 2 atom stereocenters. The number of carbonyl (C=O) groups excluding carboxylic acids is 2. The van der Waals surface area contributed by atoms with E-state index in [2.05, 4.69) is 5.32 Å². The lowest BCUT2D eigenvalue weighted by Crippen LogP contribution is -2.62. The Bertz CT molecular complexity index is 418. The van der Waals surface area contributed by atoms with E-state index in [0.717, 1.165) is 0 Å². The highest BCUT2D eigenvalue weighted by Gasteiger charge is 2.35. The van der Waals surface area contributed by atoms with Gasteiger partial charge in [-0.25, -0.2) is 8.42 Å². The molecular weight excluding hydrogens is 244 g/mol. The molecule has 98 valence electrons. The third-order valence-corrected chi connectivity index (χ3v) is 4.63. The summed E-state index contributed by atoms with van der Waals surface area (Å²) < 4.78 is 22.8. The van der Waals surface area contributed by atoms with Gasteiger partial charge in [0.2, 0.25) is 11.8 Å². The van der Waals surface area contributed by atoms with Crippen LogP contribution in [0.1, 0.15) is 20.8 Å². The standard InChI is InChI=1S/C10H18N2O4S/c1-4-17(15,16)6-5-12-8(3)9(13)11-7(2)10(12)14/h7-8H,4-6H2,1-3H3,(H,11,13). The van der Waals surface area contributed by atoms with Crippen molar-refractivity contribution in [2.24, 2.45) is 0 Å². The average Bonchev–Trinajstić information content (AvgIpc) is 2.26. The summed E-state index contributed by atoms with van der Waals surface area (Å²) >= 11 is 0. The minimum Gasteiger partial charge on any atom is -0.343 e. The molecule has 0 saturated carbocycles. The van der Waals surface area contributed by atoms with Crippen LogP contribution in [0.2, 0.25) is 0 Å². The molecule has 0 radical (unpaired) electrons. The molecule has 0 aromatic heterocycles. The number of nitrogens with one attached hydrogen (secondary N) is 1. The number of carbonyl (C=O) groups is 2. The average molecular weight is 262 g/mol. The van der Waals surface area contributed by atoms with Gasteiger partial charge in [-0.2, -0.15) is 0 Å². The summed E-state index contributed by atoms with van der Waals surface area (Å²) in [5.74, 6) is -0.528. The molecule has 17 heavy (non-hydrogen) atoms. The smallest absolute Gasteiger partial charge is 0.245 e. The van der Waals surface area contributed by atoms with E-state index in [0.29, 0.717) is 0 Å². The predicted octanol–water partition coefficient (Wildman–Crippen LogP) is -0.843. The first-order valence-electron chi connectivity index (χ1n) is 5.59. The summed E-state index contributed by atoms with van der Waals surface area (Å²) in [4.78, 5) is 24.6. The van der Waals surface area contributed by atoms with Gasteiger partial charge in [-0.15, -0.1) is 0 Å². The predicted molar refractivity (Wildman–Crippen MR) is 63.1 cm³/mol. The summed E-state index contributed by atoms with van der Waals surface area (Å²) in [6.45, 7) is 4.82. The molecule has 0 bridgehead atoms. The Labute approximate surface area is 101 Å². The summed E-state index contributed by atoms with van der Waals surface area (Å²) in [6, 6.07) is -1.19. The number of hydrogen-bond acceptors (Lipinski definition) is 4. The second-order valence-electron chi connectivity index (χ2n) is 4.17. The van der Waals surface area contributed by atoms with E-state index in [1.807, 2.05) is 0 Å². The largest absolute Gasteiger partial charge is 0.343 e. The topological polar surface area (TPSA) is 83.6 Å². The fraction of sp³-hybridized carbons (Fsp3) is 0.800. The second kappa shape index (κ2) is 5.03. The quantitative estimate of drug-likeness (QED) is 0.716. The van der Waals surface area contributed by atoms with Gasteiger partial charge < -0.3 is 10.2 Å². The molecule has 0 spiro atoms. The third kappa shape index (κ3) is 3.18. The monoisotopic (exact) mass is 262 g/mol. The zero-order chi connectivity index (χ0) is 13.2. The first-order chi connectivity index (χ1) is 7.78. The van der Waals surface area contributed by atoms with E-state index in [1.165, 1.54) is 4.90 Å². The summed E-state index contributed by atoms with van der Waals surface area (Å²) in [6.07, 6.45) is 0. The Morgan fingerprint density at radius 3 is 2.41 bits per heavy atom. The van der Waals surface area contributed by atoms with Crippen molar-refractivity contribution in [1.29, 1.82) is 0 Å². The molecule has 6 nitrogen and oxygen atoms in total. The van der Waals surface area contributed by atoms with Gasteiger partial charge in [0.05, 0.1) is 5.75 Å². The fourth-order valence-corrected chi connectivity index (χ4v) is 2.43. The van der Waals surface area contributed by atoms with E-state index >= 15 is 0 Å². The first kappa shape index (κ1) is 14.0. The van der Waals surface area contributed by atoms with Crippen molar-refractivity contribution in [3.05, 3.63) is 0 Å². The fourth-order valence-electron chi connectivity index (χ4n) is 1.66. The van der Waals surface area contributed by atoms with Crippen molar-refractivity contribution >= 4 is 21.7 Å². The number of piperazine rings is 1. The van der Waals surface area contributed by atoms with Crippen molar-refractivity contribution in [3.63, 3.8) is 0 Å². The van der Waals surface area contributed by atoms with Gasteiger partial charge in [0.15, 0.2) is 9.84 Å². The van der Waals surface area contributed by atoms with Crippen LogP contribution >= 0.6 is 0 Å². The Morgan fingerprint density at radius 2 is 1.88 bits per heavy atom. The molecule has 1 fully saturated rings. The number of amides is 2. The van der Waals surface area contributed by atoms with E-state index in [1.54, 1.807) is 20.8 Å². The Morgan fingerprint density at radius 1 is 1.29 bits per heavy atom. The van der Waals surface area contributed by atoms with Crippen LogP contribution in [0.15, 0.2) is 0 Å². The van der Waals surface area contributed by atoms with Crippen molar-refractivity contribution in [3.8, 4) is 0 Å². The lowest BCUT2D eigenvalue weighted by atomic mass is 10.1. The highest BCUT2D eigenvalue weighted by molar-refractivity contribution is 7.91. The molecule has 1 N–H and O–H groups in total. The zero-order valence-electron chi connectivity index (χ0n) is 10.3. The van der Waals surface area contributed by atoms with Crippen LogP contribution in [-0.2, 0) is 19.4 Å². The minimum absolute atomic E-state index is 0.0468. The van der Waals surface area contributed by atoms with Gasteiger partial charge in [-0.3, -0.25) is 9.59 Å². The van der Waals surface area contributed by atoms with Crippen LogP contribution in [0.3, 0.4) is 0 Å². The molecule has 2 unspecified atom stereocenters. The molecular formula is C10H18N2O4S. The molecule has 1 saturated heterocycles. The molecule has 0 aromatic rings. The molecule has 0 aromatic carbocycles. The highest BCUT2D eigenvalue weighted by Crippen LogP contribution is 2.09. The summed E-state index contributed by atoms with van der Waals surface area (Å²) in [7, 11) is -3.13. The summed E-state index contributed by atoms with van der Waals surface area (Å²) in [5, 5.41) is 2.54. The molecule has 0 aliphatic carbocycles. The maximum absolute atomic E-state index is 11.8. The van der Waals surface area contributed by atoms with Gasteiger partial charge in [0, 0.05) is 12.3 Å². The van der Waals surface area contributed by atoms with Crippen molar-refractivity contribution in [2.45, 2.75) is 32.9 Å². The van der Waals surface area contributed by atoms with E-state index < -0.39 is 21.9 Å². The van der Waals surface area contributed by atoms with Crippen LogP contribution in [0.5, 0.6) is 0 Å². The van der Waals surface area contributed by atoms with Crippen LogP contribution in [0.4, 0.5) is 0 Å². The van der Waals surface area contributed by atoms with Crippen LogP contribution in [-0.4, -0.2) is 55.3 Å². The van der Waals surface area contributed by atoms with Crippen LogP contribution < -0.4 is 5.32 Å². The van der Waals surface area contributed by atoms with Crippen molar-refractivity contribution in [1.82, 2.24) is 10.2 Å². The second-order valence-corrected chi connectivity index (χ2v) is 6.65. The molecule has 1 aliphatic rings. The first-order valence-corrected chi connectivity index (χ1v) is 7.42. The SMILES string of the molecule is CCS(=O)(=O)CCN1C(=O)C(C)NC(=O)C1C. The van der Waals surface area contributed by atoms with Gasteiger partial charge in [-0.05, 0) is 13.8 Å². The Hall–Kier alpha value is -1.11. The molecule has 1 heterocycles. The Balaban J connectivity index is 2.74. The molecule has 2 amide bonds. The van der Waals surface area contributed by atoms with E-state index in [9.17, 15) is 18.0 Å². The van der Waals surface area contributed by atoms with Gasteiger partial charge >= 0.3 is 0 Å². The summed E-state index contributed by atoms with van der Waals surface area (Å²) in [5.41, 5.74) is 0.